The van der Waals surface area contributed by atoms with Crippen LogP contribution in [0.25, 0.3) is 0 Å². The fourth-order valence-electron chi connectivity index (χ4n) is 3.84. The van der Waals surface area contributed by atoms with E-state index in [1.165, 1.54) is 31.4 Å². The van der Waals surface area contributed by atoms with Crippen molar-refractivity contribution < 1.29 is 13.2 Å². The molecule has 0 spiro atoms. The summed E-state index contributed by atoms with van der Waals surface area (Å²) in [4.78, 5) is 4.23. The fraction of sp³-hybridized carbons (Fsp3) is 0.591. The van der Waals surface area contributed by atoms with Crippen LogP contribution in [0.15, 0.2) is 29.3 Å². The summed E-state index contributed by atoms with van der Waals surface area (Å²) >= 11 is 0. The van der Waals surface area contributed by atoms with E-state index in [4.69, 9.17) is 0 Å². The summed E-state index contributed by atoms with van der Waals surface area (Å²) in [6.07, 6.45) is 1.70. The molecule has 2 aromatic rings. The highest BCUT2D eigenvalue weighted by Gasteiger charge is 2.30. The lowest BCUT2D eigenvalue weighted by Gasteiger charge is -2.16. The van der Waals surface area contributed by atoms with E-state index in [-0.39, 0.29) is 29.9 Å². The molecule has 0 bridgehead atoms. The molecular formula is C22H32F3IN6. The molecule has 0 saturated heterocycles. The van der Waals surface area contributed by atoms with Crippen LogP contribution < -0.4 is 10.6 Å². The number of guanidine groups is 1. The van der Waals surface area contributed by atoms with E-state index < -0.39 is 11.7 Å². The lowest BCUT2D eigenvalue weighted by molar-refractivity contribution is -0.137. The molecule has 0 aliphatic carbocycles. The third-order valence-corrected chi connectivity index (χ3v) is 5.70. The van der Waals surface area contributed by atoms with Gasteiger partial charge in [0.15, 0.2) is 5.96 Å². The molecule has 1 aliphatic rings. The number of hydrogen-bond acceptors (Lipinski definition) is 3. The summed E-state index contributed by atoms with van der Waals surface area (Å²) < 4.78 is 41.0. The Morgan fingerprint density at radius 3 is 2.69 bits per heavy atom. The highest BCUT2D eigenvalue weighted by molar-refractivity contribution is 14.0. The van der Waals surface area contributed by atoms with E-state index in [1.54, 1.807) is 13.1 Å². The number of aromatic nitrogens is 3. The maximum Gasteiger partial charge on any atom is 0.416 e. The molecular weight excluding hydrogens is 532 g/mol. The molecule has 2 N–H and O–H groups in total. The van der Waals surface area contributed by atoms with Gasteiger partial charge in [0.2, 0.25) is 0 Å². The first-order valence-electron chi connectivity index (χ1n) is 10.9. The number of hydrogen-bond donors (Lipinski definition) is 2. The first-order chi connectivity index (χ1) is 14.9. The topological polar surface area (TPSA) is 67.1 Å². The Balaban J connectivity index is 0.00000363. The number of halogens is 4. The van der Waals surface area contributed by atoms with Gasteiger partial charge in [-0.1, -0.05) is 31.5 Å². The molecule has 0 saturated carbocycles. The largest absolute Gasteiger partial charge is 0.416 e. The molecule has 0 radical (unpaired) electrons. The van der Waals surface area contributed by atoms with E-state index in [2.05, 4.69) is 30.4 Å². The number of alkyl halides is 3. The third-order valence-electron chi connectivity index (χ3n) is 5.70. The molecule has 178 valence electrons. The Hall–Kier alpha value is -1.85. The van der Waals surface area contributed by atoms with Crippen LogP contribution in [-0.2, 0) is 25.6 Å². The van der Waals surface area contributed by atoms with Crippen LogP contribution in [0.2, 0.25) is 0 Å². The fourth-order valence-corrected chi connectivity index (χ4v) is 3.84. The SMILES string of the molecule is CN=C(NCCc1nnc2n1CCCCC2)NCCC(C)c1cccc(C(F)(F)F)c1.I. The van der Waals surface area contributed by atoms with Gasteiger partial charge in [-0.15, -0.1) is 34.2 Å². The molecule has 0 fully saturated rings. The molecule has 2 heterocycles. The van der Waals surface area contributed by atoms with E-state index in [1.807, 2.05) is 6.92 Å². The molecule has 1 aromatic heterocycles. The van der Waals surface area contributed by atoms with Crippen LogP contribution in [-0.4, -0.2) is 40.9 Å². The molecule has 1 aliphatic heterocycles. The highest BCUT2D eigenvalue weighted by Crippen LogP contribution is 2.31. The Bertz CT molecular complexity index is 881. The summed E-state index contributed by atoms with van der Waals surface area (Å²) in [7, 11) is 1.70. The molecule has 3 rings (SSSR count). The summed E-state index contributed by atoms with van der Waals surface area (Å²) in [5.41, 5.74) is 0.0840. The zero-order chi connectivity index (χ0) is 22.3. The van der Waals surface area contributed by atoms with E-state index in [0.717, 1.165) is 37.1 Å². The lowest BCUT2D eigenvalue weighted by atomic mass is 9.96. The molecule has 32 heavy (non-hydrogen) atoms. The molecule has 1 aromatic carbocycles. The van der Waals surface area contributed by atoms with E-state index in [0.29, 0.717) is 31.0 Å². The van der Waals surface area contributed by atoms with E-state index in [9.17, 15) is 13.2 Å². The van der Waals surface area contributed by atoms with Crippen molar-refractivity contribution in [3.63, 3.8) is 0 Å². The number of fused-ring (bicyclic) bond motifs is 1. The summed E-state index contributed by atoms with van der Waals surface area (Å²) in [6.45, 7) is 4.21. The second kappa shape index (κ2) is 12.4. The normalized spacial score (nSPS) is 15.3. The second-order valence-electron chi connectivity index (χ2n) is 7.98. The third kappa shape index (κ3) is 7.35. The van der Waals surface area contributed by atoms with Crippen molar-refractivity contribution in [2.45, 2.75) is 64.1 Å². The van der Waals surface area contributed by atoms with Crippen molar-refractivity contribution in [2.75, 3.05) is 20.1 Å². The van der Waals surface area contributed by atoms with Crippen molar-refractivity contribution in [3.8, 4) is 0 Å². The number of aliphatic imine (C=N–C) groups is 1. The van der Waals surface area contributed by atoms with Crippen LogP contribution in [0.1, 0.15) is 61.3 Å². The van der Waals surface area contributed by atoms with Gasteiger partial charge in [0.25, 0.3) is 0 Å². The maximum absolute atomic E-state index is 12.9. The maximum atomic E-state index is 12.9. The van der Waals surface area contributed by atoms with Crippen molar-refractivity contribution >= 4 is 29.9 Å². The average Bonchev–Trinajstić information content (AvgIpc) is 2.98. The van der Waals surface area contributed by atoms with Crippen molar-refractivity contribution in [1.29, 1.82) is 0 Å². The number of nitrogens with zero attached hydrogens (tertiary/aromatic N) is 4. The molecule has 1 unspecified atom stereocenters. The summed E-state index contributed by atoms with van der Waals surface area (Å²) in [5.74, 6) is 2.75. The predicted molar refractivity (Wildman–Crippen MR) is 131 cm³/mol. The summed E-state index contributed by atoms with van der Waals surface area (Å²) in [6, 6.07) is 5.55. The van der Waals surface area contributed by atoms with Gasteiger partial charge >= 0.3 is 6.18 Å². The van der Waals surface area contributed by atoms with Crippen molar-refractivity contribution in [1.82, 2.24) is 25.4 Å². The Labute approximate surface area is 204 Å². The Morgan fingerprint density at radius 2 is 1.94 bits per heavy atom. The van der Waals surface area contributed by atoms with Crippen LogP contribution in [0.5, 0.6) is 0 Å². The van der Waals surface area contributed by atoms with Gasteiger partial charge in [-0.3, -0.25) is 4.99 Å². The van der Waals surface area contributed by atoms with Gasteiger partial charge in [0, 0.05) is 39.5 Å². The molecule has 1 atom stereocenters. The van der Waals surface area contributed by atoms with Crippen LogP contribution in [0, 0.1) is 0 Å². The van der Waals surface area contributed by atoms with Gasteiger partial charge in [-0.2, -0.15) is 13.2 Å². The van der Waals surface area contributed by atoms with Crippen LogP contribution >= 0.6 is 24.0 Å². The van der Waals surface area contributed by atoms with Crippen molar-refractivity contribution in [3.05, 3.63) is 47.0 Å². The zero-order valence-corrected chi connectivity index (χ0v) is 20.9. The molecule has 0 amide bonds. The molecule has 10 heteroatoms. The minimum atomic E-state index is -4.32. The molecule has 6 nitrogen and oxygen atoms in total. The van der Waals surface area contributed by atoms with Crippen LogP contribution in [0.3, 0.4) is 0 Å². The minimum absolute atomic E-state index is 0. The second-order valence-corrected chi connectivity index (χ2v) is 7.98. The van der Waals surface area contributed by atoms with E-state index >= 15 is 0 Å². The smallest absolute Gasteiger partial charge is 0.356 e. The quantitative estimate of drug-likeness (QED) is 0.295. The number of nitrogens with one attached hydrogen (secondary N) is 2. The van der Waals surface area contributed by atoms with Crippen molar-refractivity contribution in [2.24, 2.45) is 4.99 Å². The minimum Gasteiger partial charge on any atom is -0.356 e. The number of benzene rings is 1. The van der Waals surface area contributed by atoms with Gasteiger partial charge in [0.1, 0.15) is 11.6 Å². The first-order valence-corrected chi connectivity index (χ1v) is 10.9. The zero-order valence-electron chi connectivity index (χ0n) is 18.6. The Kier molecular flexibility index (Phi) is 10.2. The standard InChI is InChI=1S/C22H31F3N6.HI/c1-16(17-7-6-8-18(15-17)22(23,24)25)10-12-27-21(26-2)28-13-11-20-30-29-19-9-4-3-5-14-31(19)20;/h6-8,15-16H,3-5,9-14H2,1-2H3,(H2,26,27,28);1H. The van der Waals surface area contributed by atoms with Gasteiger partial charge < -0.3 is 15.2 Å². The number of aryl methyl sites for hydroxylation is 1. The Morgan fingerprint density at radius 1 is 1.16 bits per heavy atom. The number of rotatable bonds is 7. The van der Waals surface area contributed by atoms with Gasteiger partial charge in [-0.25, -0.2) is 0 Å². The predicted octanol–water partition coefficient (Wildman–Crippen LogP) is 4.54. The average molecular weight is 564 g/mol. The lowest BCUT2D eigenvalue weighted by Crippen LogP contribution is -2.39. The van der Waals surface area contributed by atoms with Gasteiger partial charge in [-0.05, 0) is 36.8 Å². The van der Waals surface area contributed by atoms with Crippen LogP contribution in [0.4, 0.5) is 13.2 Å². The first kappa shape index (κ1) is 26.4. The summed E-state index contributed by atoms with van der Waals surface area (Å²) in [5, 5.41) is 15.2. The monoisotopic (exact) mass is 564 g/mol. The van der Waals surface area contributed by atoms with Gasteiger partial charge in [0.05, 0.1) is 5.56 Å². The highest BCUT2D eigenvalue weighted by atomic mass is 127.